The highest BCUT2D eigenvalue weighted by Gasteiger charge is 2.27. The van der Waals surface area contributed by atoms with Crippen molar-refractivity contribution < 1.29 is 0 Å². The zero-order chi connectivity index (χ0) is 9.84. The molecule has 0 amide bonds. The Balaban J connectivity index is 2.46. The van der Waals surface area contributed by atoms with Crippen molar-refractivity contribution in [3.05, 3.63) is 0 Å². The molecule has 1 heteroatoms. The number of nitrogens with one attached hydrogen (secondary N) is 1. The lowest BCUT2D eigenvalue weighted by molar-refractivity contribution is 0.197. The average molecular weight is 183 g/mol. The maximum Gasteiger partial charge on any atom is 0.0100 e. The van der Waals surface area contributed by atoms with Gasteiger partial charge in [-0.3, -0.25) is 0 Å². The largest absolute Gasteiger partial charge is 0.311 e. The standard InChI is InChI=1S/C12H25N/c1-9(2)11-7-5-6-8-12(11)13-10(3)4/h9-13H,5-8H2,1-4H3. The van der Waals surface area contributed by atoms with Crippen LogP contribution in [0.3, 0.4) is 0 Å². The van der Waals surface area contributed by atoms with Crippen LogP contribution < -0.4 is 5.32 Å². The van der Waals surface area contributed by atoms with Crippen LogP contribution in [0.25, 0.3) is 0 Å². The van der Waals surface area contributed by atoms with Gasteiger partial charge in [-0.25, -0.2) is 0 Å². The SMILES string of the molecule is CC(C)NC1CCCCC1C(C)C. The molecule has 0 spiro atoms. The number of rotatable bonds is 3. The van der Waals surface area contributed by atoms with Gasteiger partial charge in [0.25, 0.3) is 0 Å². The van der Waals surface area contributed by atoms with E-state index < -0.39 is 0 Å². The minimum absolute atomic E-state index is 0.643. The average Bonchev–Trinajstić information content (AvgIpc) is 2.03. The molecule has 0 aromatic carbocycles. The molecule has 2 unspecified atom stereocenters. The lowest BCUT2D eigenvalue weighted by Gasteiger charge is -2.36. The molecule has 1 aliphatic carbocycles. The quantitative estimate of drug-likeness (QED) is 0.708. The van der Waals surface area contributed by atoms with Crippen molar-refractivity contribution in [3.8, 4) is 0 Å². The fourth-order valence-electron chi connectivity index (χ4n) is 2.59. The predicted molar refractivity (Wildman–Crippen MR) is 58.9 cm³/mol. The third-order valence-corrected chi connectivity index (χ3v) is 3.22. The molecule has 1 N–H and O–H groups in total. The third-order valence-electron chi connectivity index (χ3n) is 3.22. The fourth-order valence-corrected chi connectivity index (χ4v) is 2.59. The molecule has 1 nitrogen and oxygen atoms in total. The van der Waals surface area contributed by atoms with E-state index in [0.29, 0.717) is 6.04 Å². The summed E-state index contributed by atoms with van der Waals surface area (Å²) < 4.78 is 0. The van der Waals surface area contributed by atoms with Crippen molar-refractivity contribution in [1.29, 1.82) is 0 Å². The van der Waals surface area contributed by atoms with Crippen LogP contribution in [-0.2, 0) is 0 Å². The first-order chi connectivity index (χ1) is 6.11. The normalized spacial score (nSPS) is 30.0. The van der Waals surface area contributed by atoms with Crippen LogP contribution in [0, 0.1) is 11.8 Å². The second-order valence-corrected chi connectivity index (χ2v) is 5.12. The first-order valence-corrected chi connectivity index (χ1v) is 5.87. The first kappa shape index (κ1) is 11.0. The van der Waals surface area contributed by atoms with Gasteiger partial charge in [0.15, 0.2) is 0 Å². The lowest BCUT2D eigenvalue weighted by atomic mass is 9.77. The van der Waals surface area contributed by atoms with Gasteiger partial charge in [0.05, 0.1) is 0 Å². The van der Waals surface area contributed by atoms with E-state index in [1.165, 1.54) is 25.7 Å². The fraction of sp³-hybridized carbons (Fsp3) is 1.00. The van der Waals surface area contributed by atoms with E-state index in [1.807, 2.05) is 0 Å². The molecule has 1 aliphatic rings. The van der Waals surface area contributed by atoms with Gasteiger partial charge in [-0.2, -0.15) is 0 Å². The zero-order valence-corrected chi connectivity index (χ0v) is 9.64. The van der Waals surface area contributed by atoms with Crippen molar-refractivity contribution in [3.63, 3.8) is 0 Å². The summed E-state index contributed by atoms with van der Waals surface area (Å²) >= 11 is 0. The summed E-state index contributed by atoms with van der Waals surface area (Å²) in [7, 11) is 0. The van der Waals surface area contributed by atoms with Gasteiger partial charge in [-0.1, -0.05) is 40.5 Å². The minimum atomic E-state index is 0.643. The van der Waals surface area contributed by atoms with Crippen LogP contribution in [0.1, 0.15) is 53.4 Å². The maximum atomic E-state index is 3.71. The Bertz CT molecular complexity index is 140. The second-order valence-electron chi connectivity index (χ2n) is 5.12. The maximum absolute atomic E-state index is 3.71. The first-order valence-electron chi connectivity index (χ1n) is 5.87. The Morgan fingerprint density at radius 3 is 2.15 bits per heavy atom. The second kappa shape index (κ2) is 4.99. The Kier molecular flexibility index (Phi) is 4.24. The molecule has 1 fully saturated rings. The topological polar surface area (TPSA) is 12.0 Å². The highest BCUT2D eigenvalue weighted by molar-refractivity contribution is 4.83. The summed E-state index contributed by atoms with van der Waals surface area (Å²) in [5.41, 5.74) is 0. The van der Waals surface area contributed by atoms with Crippen molar-refractivity contribution >= 4 is 0 Å². The predicted octanol–water partition coefficient (Wildman–Crippen LogP) is 3.20. The summed E-state index contributed by atoms with van der Waals surface area (Å²) in [4.78, 5) is 0. The van der Waals surface area contributed by atoms with Gasteiger partial charge in [0, 0.05) is 12.1 Å². The van der Waals surface area contributed by atoms with E-state index in [9.17, 15) is 0 Å². The highest BCUT2D eigenvalue weighted by atomic mass is 14.9. The van der Waals surface area contributed by atoms with Crippen LogP contribution in [0.5, 0.6) is 0 Å². The molecule has 0 saturated heterocycles. The summed E-state index contributed by atoms with van der Waals surface area (Å²) in [6, 6.07) is 1.43. The minimum Gasteiger partial charge on any atom is -0.311 e. The Morgan fingerprint density at radius 1 is 1.00 bits per heavy atom. The third kappa shape index (κ3) is 3.30. The molecular weight excluding hydrogens is 158 g/mol. The van der Waals surface area contributed by atoms with E-state index in [2.05, 4.69) is 33.0 Å². The Labute approximate surface area is 83.3 Å². The van der Waals surface area contributed by atoms with Gasteiger partial charge in [0.2, 0.25) is 0 Å². The van der Waals surface area contributed by atoms with Crippen molar-refractivity contribution in [2.24, 2.45) is 11.8 Å². The van der Waals surface area contributed by atoms with Crippen LogP contribution in [-0.4, -0.2) is 12.1 Å². The van der Waals surface area contributed by atoms with Crippen LogP contribution >= 0.6 is 0 Å². The molecule has 1 rings (SSSR count). The number of hydrogen-bond donors (Lipinski definition) is 1. The van der Waals surface area contributed by atoms with Gasteiger partial charge in [-0.05, 0) is 24.7 Å². The molecule has 0 heterocycles. The molecule has 0 aromatic heterocycles. The molecule has 0 aliphatic heterocycles. The van der Waals surface area contributed by atoms with E-state index in [1.54, 1.807) is 0 Å². The highest BCUT2D eigenvalue weighted by Crippen LogP contribution is 2.30. The Hall–Kier alpha value is -0.0400. The monoisotopic (exact) mass is 183 g/mol. The van der Waals surface area contributed by atoms with Gasteiger partial charge < -0.3 is 5.32 Å². The summed E-state index contributed by atoms with van der Waals surface area (Å²) in [5.74, 6) is 1.76. The van der Waals surface area contributed by atoms with Gasteiger partial charge >= 0.3 is 0 Å². The molecule has 0 aromatic rings. The van der Waals surface area contributed by atoms with Crippen LogP contribution in [0.15, 0.2) is 0 Å². The summed E-state index contributed by atoms with van der Waals surface area (Å²) in [6.45, 7) is 9.24. The van der Waals surface area contributed by atoms with E-state index in [-0.39, 0.29) is 0 Å². The van der Waals surface area contributed by atoms with E-state index in [4.69, 9.17) is 0 Å². The van der Waals surface area contributed by atoms with Crippen molar-refractivity contribution in [2.75, 3.05) is 0 Å². The van der Waals surface area contributed by atoms with Crippen LogP contribution in [0.2, 0.25) is 0 Å². The number of hydrogen-bond acceptors (Lipinski definition) is 1. The smallest absolute Gasteiger partial charge is 0.0100 e. The zero-order valence-electron chi connectivity index (χ0n) is 9.64. The van der Waals surface area contributed by atoms with Gasteiger partial charge in [0.1, 0.15) is 0 Å². The van der Waals surface area contributed by atoms with E-state index >= 15 is 0 Å². The Morgan fingerprint density at radius 2 is 1.62 bits per heavy atom. The molecular formula is C12H25N. The van der Waals surface area contributed by atoms with E-state index in [0.717, 1.165) is 17.9 Å². The van der Waals surface area contributed by atoms with Crippen molar-refractivity contribution in [2.45, 2.75) is 65.5 Å². The molecule has 1 saturated carbocycles. The van der Waals surface area contributed by atoms with Gasteiger partial charge in [-0.15, -0.1) is 0 Å². The summed E-state index contributed by atoms with van der Waals surface area (Å²) in [6.07, 6.45) is 5.69. The molecule has 2 atom stereocenters. The van der Waals surface area contributed by atoms with Crippen LogP contribution in [0.4, 0.5) is 0 Å². The molecule has 13 heavy (non-hydrogen) atoms. The summed E-state index contributed by atoms with van der Waals surface area (Å²) in [5, 5.41) is 3.71. The lowest BCUT2D eigenvalue weighted by Crippen LogP contribution is -2.43. The molecule has 0 radical (unpaired) electrons. The molecule has 78 valence electrons. The van der Waals surface area contributed by atoms with Crippen molar-refractivity contribution in [1.82, 2.24) is 5.32 Å². The molecule has 0 bridgehead atoms.